The Kier molecular flexibility index (Phi) is 6.26. The second kappa shape index (κ2) is 7.96. The molecule has 1 fully saturated rings. The highest BCUT2D eigenvalue weighted by molar-refractivity contribution is 9.10. The van der Waals surface area contributed by atoms with Gasteiger partial charge < -0.3 is 15.0 Å². The van der Waals surface area contributed by atoms with Gasteiger partial charge in [0.05, 0.1) is 6.61 Å². The second-order valence-electron chi connectivity index (χ2n) is 5.07. The largest absolute Gasteiger partial charge is 0.380 e. The van der Waals surface area contributed by atoms with Crippen LogP contribution in [0.4, 0.5) is 5.82 Å². The molecule has 0 bridgehead atoms. The van der Waals surface area contributed by atoms with Gasteiger partial charge in [0, 0.05) is 48.5 Å². The van der Waals surface area contributed by atoms with E-state index >= 15 is 0 Å². The molecule has 0 atom stereocenters. The number of anilines is 1. The Morgan fingerprint density at radius 1 is 1.45 bits per heavy atom. The van der Waals surface area contributed by atoms with E-state index in [1.54, 1.807) is 0 Å². The van der Waals surface area contributed by atoms with Crippen LogP contribution in [0.1, 0.15) is 32.3 Å². The van der Waals surface area contributed by atoms with Crippen molar-refractivity contribution in [3.63, 3.8) is 0 Å². The van der Waals surface area contributed by atoms with Crippen LogP contribution in [0.2, 0.25) is 0 Å². The van der Waals surface area contributed by atoms with Crippen LogP contribution in [0.5, 0.6) is 0 Å². The van der Waals surface area contributed by atoms with Crippen LogP contribution in [0.3, 0.4) is 0 Å². The van der Waals surface area contributed by atoms with Crippen molar-refractivity contribution in [1.29, 1.82) is 0 Å². The third kappa shape index (κ3) is 4.72. The predicted molar refractivity (Wildman–Crippen MR) is 86.2 cm³/mol. The molecule has 0 amide bonds. The van der Waals surface area contributed by atoms with Crippen molar-refractivity contribution < 1.29 is 4.74 Å². The number of hydrogen-bond acceptors (Lipinski definition) is 4. The molecule has 5 heteroatoms. The molecule has 0 spiro atoms. The average Bonchev–Trinajstić information content (AvgIpc) is 3.26. The van der Waals surface area contributed by atoms with Crippen LogP contribution in [0, 0.1) is 0 Å². The van der Waals surface area contributed by atoms with Gasteiger partial charge in [-0.3, -0.25) is 0 Å². The maximum Gasteiger partial charge on any atom is 0.133 e. The maximum absolute atomic E-state index is 5.46. The van der Waals surface area contributed by atoms with Crippen LogP contribution in [-0.4, -0.2) is 37.3 Å². The van der Waals surface area contributed by atoms with E-state index in [1.807, 2.05) is 13.1 Å². The van der Waals surface area contributed by atoms with E-state index in [4.69, 9.17) is 4.74 Å². The van der Waals surface area contributed by atoms with Crippen molar-refractivity contribution in [2.24, 2.45) is 0 Å². The number of nitrogens with zero attached hydrogens (tertiary/aromatic N) is 2. The lowest BCUT2D eigenvalue weighted by Crippen LogP contribution is -2.30. The smallest absolute Gasteiger partial charge is 0.133 e. The molecule has 112 valence electrons. The molecule has 0 aromatic carbocycles. The van der Waals surface area contributed by atoms with Gasteiger partial charge in [0.25, 0.3) is 0 Å². The minimum Gasteiger partial charge on any atom is -0.380 e. The SMILES string of the molecule is CCOCCN(CC)c1ncc(Br)cc1CNC1CC1. The Labute approximate surface area is 130 Å². The van der Waals surface area contributed by atoms with Crippen molar-refractivity contribution >= 4 is 21.7 Å². The normalized spacial score (nSPS) is 14.6. The van der Waals surface area contributed by atoms with Gasteiger partial charge in [0.2, 0.25) is 0 Å². The molecular weight excluding hydrogens is 318 g/mol. The minimum atomic E-state index is 0.709. The van der Waals surface area contributed by atoms with Gasteiger partial charge in [-0.1, -0.05) is 0 Å². The molecule has 0 saturated heterocycles. The summed E-state index contributed by atoms with van der Waals surface area (Å²) < 4.78 is 6.50. The number of likely N-dealkylation sites (N-methyl/N-ethyl adjacent to an activating group) is 1. The zero-order chi connectivity index (χ0) is 14.4. The fourth-order valence-electron chi connectivity index (χ4n) is 2.16. The summed E-state index contributed by atoms with van der Waals surface area (Å²) in [5.41, 5.74) is 1.25. The standard InChI is InChI=1S/C15H24BrN3O/c1-3-19(7-8-20-4-2)15-12(9-13(16)11-18-15)10-17-14-5-6-14/h9,11,14,17H,3-8,10H2,1-2H3. The third-order valence-electron chi connectivity index (χ3n) is 3.46. The third-order valence-corrected chi connectivity index (χ3v) is 3.89. The highest BCUT2D eigenvalue weighted by Crippen LogP contribution is 2.24. The first-order valence-corrected chi connectivity index (χ1v) is 8.24. The predicted octanol–water partition coefficient (Wildman–Crippen LogP) is 2.96. The highest BCUT2D eigenvalue weighted by Gasteiger charge is 2.21. The molecule has 2 rings (SSSR count). The van der Waals surface area contributed by atoms with Crippen molar-refractivity contribution in [3.8, 4) is 0 Å². The molecule has 20 heavy (non-hydrogen) atoms. The molecule has 1 N–H and O–H groups in total. The van der Waals surface area contributed by atoms with Crippen molar-refractivity contribution in [1.82, 2.24) is 10.3 Å². The monoisotopic (exact) mass is 341 g/mol. The van der Waals surface area contributed by atoms with Crippen molar-refractivity contribution in [2.45, 2.75) is 39.3 Å². The highest BCUT2D eigenvalue weighted by atomic mass is 79.9. The van der Waals surface area contributed by atoms with E-state index < -0.39 is 0 Å². The molecule has 1 saturated carbocycles. The summed E-state index contributed by atoms with van der Waals surface area (Å²) in [5, 5.41) is 3.57. The first kappa shape index (κ1) is 15.7. The quantitative estimate of drug-likeness (QED) is 0.700. The summed E-state index contributed by atoms with van der Waals surface area (Å²) in [6.45, 7) is 8.41. The Morgan fingerprint density at radius 2 is 2.25 bits per heavy atom. The topological polar surface area (TPSA) is 37.4 Å². The summed E-state index contributed by atoms with van der Waals surface area (Å²) in [6, 6.07) is 2.88. The number of ether oxygens (including phenoxy) is 1. The lowest BCUT2D eigenvalue weighted by molar-refractivity contribution is 0.154. The zero-order valence-corrected chi connectivity index (χ0v) is 13.9. The van der Waals surface area contributed by atoms with Gasteiger partial charge in [0.15, 0.2) is 0 Å². The van der Waals surface area contributed by atoms with Gasteiger partial charge in [-0.05, 0) is 48.7 Å². The Balaban J connectivity index is 2.05. The first-order chi connectivity index (χ1) is 9.74. The van der Waals surface area contributed by atoms with E-state index in [0.29, 0.717) is 6.04 Å². The number of nitrogens with one attached hydrogen (secondary N) is 1. The summed E-state index contributed by atoms with van der Waals surface area (Å²) in [7, 11) is 0. The summed E-state index contributed by atoms with van der Waals surface area (Å²) in [6.07, 6.45) is 4.48. The van der Waals surface area contributed by atoms with Crippen LogP contribution < -0.4 is 10.2 Å². The average molecular weight is 342 g/mol. The molecule has 1 heterocycles. The minimum absolute atomic E-state index is 0.709. The Bertz CT molecular complexity index is 424. The summed E-state index contributed by atoms with van der Waals surface area (Å²) >= 11 is 3.52. The van der Waals surface area contributed by atoms with Crippen molar-refractivity contribution in [3.05, 3.63) is 22.3 Å². The van der Waals surface area contributed by atoms with E-state index in [2.05, 4.69) is 44.1 Å². The van der Waals surface area contributed by atoms with E-state index in [1.165, 1.54) is 18.4 Å². The van der Waals surface area contributed by atoms with E-state index in [-0.39, 0.29) is 0 Å². The molecular formula is C15H24BrN3O. The lowest BCUT2D eigenvalue weighted by Gasteiger charge is -2.24. The van der Waals surface area contributed by atoms with Gasteiger partial charge >= 0.3 is 0 Å². The van der Waals surface area contributed by atoms with Gasteiger partial charge in [-0.2, -0.15) is 0 Å². The molecule has 1 aromatic rings. The first-order valence-electron chi connectivity index (χ1n) is 7.45. The fraction of sp³-hybridized carbons (Fsp3) is 0.667. The lowest BCUT2D eigenvalue weighted by atomic mass is 10.2. The number of halogens is 1. The molecule has 1 aliphatic rings. The number of pyridine rings is 1. The molecule has 0 radical (unpaired) electrons. The number of rotatable bonds is 9. The summed E-state index contributed by atoms with van der Waals surface area (Å²) in [5.74, 6) is 1.07. The van der Waals surface area contributed by atoms with E-state index in [9.17, 15) is 0 Å². The van der Waals surface area contributed by atoms with Crippen LogP contribution in [-0.2, 0) is 11.3 Å². The van der Waals surface area contributed by atoms with Crippen molar-refractivity contribution in [2.75, 3.05) is 31.2 Å². The number of aromatic nitrogens is 1. The fourth-order valence-corrected chi connectivity index (χ4v) is 2.54. The Hall–Kier alpha value is -0.650. The van der Waals surface area contributed by atoms with Gasteiger partial charge in [0.1, 0.15) is 5.82 Å². The Morgan fingerprint density at radius 3 is 2.90 bits per heavy atom. The van der Waals surface area contributed by atoms with Gasteiger partial charge in [-0.25, -0.2) is 4.98 Å². The zero-order valence-electron chi connectivity index (χ0n) is 12.4. The van der Waals surface area contributed by atoms with Crippen LogP contribution in [0.25, 0.3) is 0 Å². The molecule has 1 aromatic heterocycles. The second-order valence-corrected chi connectivity index (χ2v) is 5.98. The van der Waals surface area contributed by atoms with Crippen LogP contribution in [0.15, 0.2) is 16.7 Å². The maximum atomic E-state index is 5.46. The molecule has 0 unspecified atom stereocenters. The summed E-state index contributed by atoms with van der Waals surface area (Å²) in [4.78, 5) is 6.89. The van der Waals surface area contributed by atoms with E-state index in [0.717, 1.165) is 43.1 Å². The number of hydrogen-bond donors (Lipinski definition) is 1. The van der Waals surface area contributed by atoms with Crippen LogP contribution >= 0.6 is 15.9 Å². The molecule has 0 aliphatic heterocycles. The van der Waals surface area contributed by atoms with Gasteiger partial charge in [-0.15, -0.1) is 0 Å². The molecule has 4 nitrogen and oxygen atoms in total. The molecule has 1 aliphatic carbocycles.